The first kappa shape index (κ1) is 16.2. The molecule has 1 aliphatic rings. The van der Waals surface area contributed by atoms with Gasteiger partial charge in [-0.05, 0) is 37.1 Å². The Labute approximate surface area is 116 Å². The van der Waals surface area contributed by atoms with Crippen LogP contribution < -0.4 is 5.32 Å². The zero-order valence-electron chi connectivity index (χ0n) is 12.7. The summed E-state index contributed by atoms with van der Waals surface area (Å²) >= 11 is 0. The quantitative estimate of drug-likeness (QED) is 0.805. The minimum absolute atomic E-state index is 0.357. The van der Waals surface area contributed by atoms with Gasteiger partial charge >= 0.3 is 0 Å². The zero-order valence-corrected chi connectivity index (χ0v) is 13.6. The maximum absolute atomic E-state index is 12.6. The van der Waals surface area contributed by atoms with Crippen molar-refractivity contribution in [2.24, 2.45) is 17.8 Å². The zero-order chi connectivity index (χ0) is 13.7. The molecule has 3 heteroatoms. The molecular formula is C15H31NOS. The Bertz CT molecular complexity index is 269. The van der Waals surface area contributed by atoms with Gasteiger partial charge in [0.05, 0.1) is 5.25 Å². The van der Waals surface area contributed by atoms with Gasteiger partial charge in [-0.2, -0.15) is 0 Å². The van der Waals surface area contributed by atoms with Crippen molar-refractivity contribution >= 4 is 10.8 Å². The largest absolute Gasteiger partial charge is 0.313 e. The molecule has 0 radical (unpaired) electrons. The van der Waals surface area contributed by atoms with Gasteiger partial charge in [-0.1, -0.05) is 41.0 Å². The summed E-state index contributed by atoms with van der Waals surface area (Å²) in [6.07, 6.45) is 3.56. The van der Waals surface area contributed by atoms with Gasteiger partial charge in [-0.25, -0.2) is 0 Å². The average molecular weight is 273 g/mol. The van der Waals surface area contributed by atoms with Gasteiger partial charge in [0.1, 0.15) is 0 Å². The van der Waals surface area contributed by atoms with Crippen molar-refractivity contribution in [2.45, 2.75) is 65.2 Å². The van der Waals surface area contributed by atoms with Crippen molar-refractivity contribution < 1.29 is 4.21 Å². The van der Waals surface area contributed by atoms with E-state index in [-0.39, 0.29) is 0 Å². The molecule has 6 unspecified atom stereocenters. The van der Waals surface area contributed by atoms with E-state index in [9.17, 15) is 4.21 Å². The molecule has 0 aromatic heterocycles. The second-order valence-electron chi connectivity index (χ2n) is 6.24. The molecular weight excluding hydrogens is 242 g/mol. The maximum atomic E-state index is 12.6. The molecule has 0 amide bonds. The summed E-state index contributed by atoms with van der Waals surface area (Å²) in [4.78, 5) is 0. The number of hydrogen-bond acceptors (Lipinski definition) is 2. The molecule has 1 aliphatic carbocycles. The molecule has 18 heavy (non-hydrogen) atoms. The average Bonchev–Trinajstić information content (AvgIpc) is 2.28. The van der Waals surface area contributed by atoms with Crippen molar-refractivity contribution in [1.29, 1.82) is 0 Å². The lowest BCUT2D eigenvalue weighted by Gasteiger charge is -2.39. The second-order valence-corrected chi connectivity index (χ2v) is 7.88. The van der Waals surface area contributed by atoms with Gasteiger partial charge in [-0.15, -0.1) is 0 Å². The lowest BCUT2D eigenvalue weighted by atomic mass is 9.80. The lowest BCUT2D eigenvalue weighted by molar-refractivity contribution is 0.247. The molecule has 0 saturated heterocycles. The van der Waals surface area contributed by atoms with E-state index in [0.29, 0.717) is 23.1 Å². The molecule has 1 fully saturated rings. The monoisotopic (exact) mass is 273 g/mol. The highest BCUT2D eigenvalue weighted by Crippen LogP contribution is 2.33. The number of nitrogens with one attached hydrogen (secondary N) is 1. The van der Waals surface area contributed by atoms with Crippen LogP contribution >= 0.6 is 0 Å². The van der Waals surface area contributed by atoms with Crippen LogP contribution in [-0.4, -0.2) is 27.8 Å². The molecule has 0 bridgehead atoms. The van der Waals surface area contributed by atoms with Crippen molar-refractivity contribution in [3.63, 3.8) is 0 Å². The van der Waals surface area contributed by atoms with Gasteiger partial charge in [0.25, 0.3) is 0 Å². The van der Waals surface area contributed by atoms with Crippen LogP contribution in [0.15, 0.2) is 0 Å². The summed E-state index contributed by atoms with van der Waals surface area (Å²) in [6.45, 7) is 12.2. The fourth-order valence-corrected chi connectivity index (χ4v) is 5.46. The van der Waals surface area contributed by atoms with E-state index in [1.807, 2.05) is 0 Å². The smallest absolute Gasteiger partial charge is 0.0527 e. The highest BCUT2D eigenvalue weighted by atomic mass is 32.2. The van der Waals surface area contributed by atoms with Crippen LogP contribution in [0.1, 0.15) is 53.9 Å². The Hall–Kier alpha value is 0.110. The van der Waals surface area contributed by atoms with E-state index in [4.69, 9.17) is 0 Å². The summed E-state index contributed by atoms with van der Waals surface area (Å²) in [5, 5.41) is 3.93. The van der Waals surface area contributed by atoms with Crippen LogP contribution in [0, 0.1) is 17.8 Å². The van der Waals surface area contributed by atoms with Crippen LogP contribution in [0.2, 0.25) is 0 Å². The molecule has 1 rings (SSSR count). The molecule has 0 aliphatic heterocycles. The molecule has 108 valence electrons. The SMILES string of the molecule is CCNC1CC(C)CC(C)C1S(=O)CC(C)CC. The van der Waals surface area contributed by atoms with E-state index < -0.39 is 10.8 Å². The van der Waals surface area contributed by atoms with Crippen LogP contribution in [-0.2, 0) is 10.8 Å². The Kier molecular flexibility index (Phi) is 6.86. The minimum Gasteiger partial charge on any atom is -0.313 e. The minimum atomic E-state index is -0.676. The topological polar surface area (TPSA) is 29.1 Å². The molecule has 0 heterocycles. The fraction of sp³-hybridized carbons (Fsp3) is 1.00. The summed E-state index contributed by atoms with van der Waals surface area (Å²) in [7, 11) is -0.676. The highest BCUT2D eigenvalue weighted by molar-refractivity contribution is 7.85. The summed E-state index contributed by atoms with van der Waals surface area (Å²) < 4.78 is 12.6. The Morgan fingerprint density at radius 2 is 1.94 bits per heavy atom. The van der Waals surface area contributed by atoms with Gasteiger partial charge in [0.2, 0.25) is 0 Å². The number of hydrogen-bond donors (Lipinski definition) is 1. The third-order valence-electron chi connectivity index (χ3n) is 4.30. The summed E-state index contributed by atoms with van der Waals surface area (Å²) in [6, 6.07) is 0.457. The standard InChI is InChI=1S/C15H31NOS/c1-6-11(3)10-18(17)15-13(5)8-12(4)9-14(15)16-7-2/h11-16H,6-10H2,1-5H3. The molecule has 6 atom stereocenters. The third kappa shape index (κ3) is 4.34. The van der Waals surface area contributed by atoms with Crippen LogP contribution in [0.25, 0.3) is 0 Å². The van der Waals surface area contributed by atoms with E-state index >= 15 is 0 Å². The summed E-state index contributed by atoms with van der Waals surface area (Å²) in [5.41, 5.74) is 0. The van der Waals surface area contributed by atoms with Gasteiger partial charge in [0.15, 0.2) is 0 Å². The number of rotatable bonds is 6. The third-order valence-corrected chi connectivity index (χ3v) is 6.60. The first-order valence-electron chi connectivity index (χ1n) is 7.60. The predicted octanol–water partition coefficient (Wildman–Crippen LogP) is 3.19. The Morgan fingerprint density at radius 3 is 2.50 bits per heavy atom. The van der Waals surface area contributed by atoms with E-state index in [2.05, 4.69) is 39.9 Å². The van der Waals surface area contributed by atoms with E-state index in [0.717, 1.165) is 24.6 Å². The van der Waals surface area contributed by atoms with Crippen LogP contribution in [0.3, 0.4) is 0 Å². The lowest BCUT2D eigenvalue weighted by Crippen LogP contribution is -2.50. The Balaban J connectivity index is 2.70. The fourth-order valence-electron chi connectivity index (χ4n) is 3.24. The molecule has 0 aromatic rings. The van der Waals surface area contributed by atoms with Gasteiger partial charge < -0.3 is 5.32 Å². The molecule has 1 saturated carbocycles. The second kappa shape index (κ2) is 7.64. The maximum Gasteiger partial charge on any atom is 0.0527 e. The normalized spacial score (nSPS) is 36.3. The highest BCUT2D eigenvalue weighted by Gasteiger charge is 2.37. The van der Waals surface area contributed by atoms with Gasteiger partial charge in [-0.3, -0.25) is 4.21 Å². The van der Waals surface area contributed by atoms with Crippen molar-refractivity contribution in [1.82, 2.24) is 5.32 Å². The predicted molar refractivity (Wildman–Crippen MR) is 81.3 cm³/mol. The molecule has 1 N–H and O–H groups in total. The van der Waals surface area contributed by atoms with Crippen LogP contribution in [0.4, 0.5) is 0 Å². The summed E-state index contributed by atoms with van der Waals surface area (Å²) in [5.74, 6) is 2.81. The Morgan fingerprint density at radius 1 is 1.28 bits per heavy atom. The molecule has 0 aromatic carbocycles. The first-order valence-corrected chi connectivity index (χ1v) is 8.98. The van der Waals surface area contributed by atoms with Crippen molar-refractivity contribution in [3.05, 3.63) is 0 Å². The van der Waals surface area contributed by atoms with E-state index in [1.54, 1.807) is 0 Å². The van der Waals surface area contributed by atoms with Crippen LogP contribution in [0.5, 0.6) is 0 Å². The molecule has 0 spiro atoms. The van der Waals surface area contributed by atoms with Gasteiger partial charge in [0, 0.05) is 22.6 Å². The molecule has 2 nitrogen and oxygen atoms in total. The first-order chi connectivity index (χ1) is 8.49. The van der Waals surface area contributed by atoms with Crippen molar-refractivity contribution in [3.8, 4) is 0 Å². The van der Waals surface area contributed by atoms with Crippen molar-refractivity contribution in [2.75, 3.05) is 12.3 Å². The van der Waals surface area contributed by atoms with E-state index in [1.165, 1.54) is 12.8 Å².